The summed E-state index contributed by atoms with van der Waals surface area (Å²) in [6, 6.07) is 0. The van der Waals surface area contributed by atoms with Crippen molar-refractivity contribution in [2.45, 2.75) is 0 Å². The zero-order valence-corrected chi connectivity index (χ0v) is 4.84. The molecule has 5 nitrogen and oxygen atoms in total. The van der Waals surface area contributed by atoms with Crippen LogP contribution in [0.3, 0.4) is 0 Å². The van der Waals surface area contributed by atoms with Gasteiger partial charge in [0.05, 0.1) is 6.61 Å². The van der Waals surface area contributed by atoms with Gasteiger partial charge in [0.2, 0.25) is 0 Å². The highest BCUT2D eigenvalue weighted by Crippen LogP contribution is 2.45. The van der Waals surface area contributed by atoms with Crippen LogP contribution in [-0.2, 0) is 18.7 Å². The number of rotatable bonds is 0. The van der Waals surface area contributed by atoms with Gasteiger partial charge in [-0.05, 0) is 0 Å². The molecule has 1 N–H and O–H groups in total. The van der Waals surface area contributed by atoms with Gasteiger partial charge in [-0.1, -0.05) is 0 Å². The van der Waals surface area contributed by atoms with Crippen molar-refractivity contribution < 1.29 is 23.5 Å². The Morgan fingerprint density at radius 3 is 2.50 bits per heavy atom. The van der Waals surface area contributed by atoms with Crippen molar-refractivity contribution in [2.75, 3.05) is 13.2 Å². The van der Waals surface area contributed by atoms with Crippen LogP contribution in [0.2, 0.25) is 0 Å². The van der Waals surface area contributed by atoms with Crippen LogP contribution in [0.5, 0.6) is 0 Å². The Morgan fingerprint density at radius 2 is 2.25 bits per heavy atom. The second-order valence-electron chi connectivity index (χ2n) is 1.20. The molecule has 0 saturated carbocycles. The summed E-state index contributed by atoms with van der Waals surface area (Å²) >= 11 is 0. The summed E-state index contributed by atoms with van der Waals surface area (Å²) < 4.78 is 18.3. The van der Waals surface area contributed by atoms with E-state index in [1.165, 1.54) is 0 Å². The Balaban J connectivity index is 2.45. The normalized spacial score (nSPS) is 39.6. The summed E-state index contributed by atoms with van der Waals surface area (Å²) in [6.07, 6.45) is 0. The molecule has 1 rings (SSSR count). The number of hydrogen-bond acceptors (Lipinski definition) is 4. The Kier molecular flexibility index (Phi) is 1.65. The average Bonchev–Trinajstić information content (AvgIpc) is 1.65. The molecule has 1 aliphatic rings. The van der Waals surface area contributed by atoms with Crippen LogP contribution in [0.1, 0.15) is 0 Å². The van der Waals surface area contributed by atoms with E-state index in [-0.39, 0.29) is 13.2 Å². The largest absolute Gasteiger partial charge is 0.499 e. The Morgan fingerprint density at radius 1 is 1.50 bits per heavy atom. The van der Waals surface area contributed by atoms with Gasteiger partial charge in [-0.25, -0.2) is 9.45 Å². The molecule has 1 heterocycles. The van der Waals surface area contributed by atoms with E-state index in [0.29, 0.717) is 0 Å². The van der Waals surface area contributed by atoms with Crippen molar-refractivity contribution in [1.82, 2.24) is 0 Å². The van der Waals surface area contributed by atoms with Crippen molar-refractivity contribution in [3.63, 3.8) is 0 Å². The molecule has 0 aromatic rings. The quantitative estimate of drug-likeness (QED) is 0.380. The van der Waals surface area contributed by atoms with Gasteiger partial charge in [0, 0.05) is 0 Å². The van der Waals surface area contributed by atoms with Gasteiger partial charge >= 0.3 is 7.82 Å². The average molecular weight is 140 g/mol. The third-order valence-corrected chi connectivity index (χ3v) is 1.37. The molecular formula is C2H5O5P. The van der Waals surface area contributed by atoms with Crippen LogP contribution >= 0.6 is 7.82 Å². The van der Waals surface area contributed by atoms with Crippen molar-refractivity contribution in [3.8, 4) is 0 Å². The summed E-state index contributed by atoms with van der Waals surface area (Å²) in [4.78, 5) is 12.5. The lowest BCUT2D eigenvalue weighted by Gasteiger charge is -2.14. The van der Waals surface area contributed by atoms with E-state index in [1.54, 1.807) is 0 Å². The third kappa shape index (κ3) is 1.54. The van der Waals surface area contributed by atoms with Gasteiger partial charge in [-0.2, -0.15) is 0 Å². The zero-order chi connectivity index (χ0) is 6.04. The predicted octanol–water partition coefficient (Wildman–Crippen LogP) is 0.0652. The molecule has 0 spiro atoms. The molecule has 1 aliphatic heterocycles. The first kappa shape index (κ1) is 6.19. The summed E-state index contributed by atoms with van der Waals surface area (Å²) in [6.45, 7) is 0.304. The number of phosphoric acid groups is 1. The highest BCUT2D eigenvalue weighted by Gasteiger charge is 2.25. The minimum absolute atomic E-state index is 0.105. The summed E-state index contributed by atoms with van der Waals surface area (Å²) in [5, 5.41) is 0. The van der Waals surface area contributed by atoms with Crippen LogP contribution in [0.4, 0.5) is 0 Å². The molecule has 6 heteroatoms. The summed E-state index contributed by atoms with van der Waals surface area (Å²) in [7, 11) is -3.81. The molecule has 1 unspecified atom stereocenters. The van der Waals surface area contributed by atoms with Crippen molar-refractivity contribution in [3.05, 3.63) is 0 Å². The van der Waals surface area contributed by atoms with Gasteiger partial charge in [0.25, 0.3) is 0 Å². The monoisotopic (exact) mass is 140 g/mol. The van der Waals surface area contributed by atoms with E-state index in [0.717, 1.165) is 0 Å². The minimum atomic E-state index is -3.81. The van der Waals surface area contributed by atoms with E-state index in [2.05, 4.69) is 14.1 Å². The molecule has 8 heavy (non-hydrogen) atoms. The van der Waals surface area contributed by atoms with Crippen LogP contribution in [0, 0.1) is 0 Å². The molecule has 1 saturated heterocycles. The molecule has 0 aromatic carbocycles. The molecule has 0 amide bonds. The Labute approximate surface area is 45.7 Å². The Bertz CT molecular complexity index is 112. The maximum atomic E-state index is 10.2. The van der Waals surface area contributed by atoms with Crippen LogP contribution < -0.4 is 0 Å². The molecular weight excluding hydrogens is 135 g/mol. The molecule has 0 bridgehead atoms. The lowest BCUT2D eigenvalue weighted by molar-refractivity contribution is -0.250. The van der Waals surface area contributed by atoms with E-state index in [4.69, 9.17) is 4.89 Å². The molecule has 1 atom stereocenters. The molecule has 48 valence electrons. The fourth-order valence-corrected chi connectivity index (χ4v) is 0.868. The molecule has 0 aliphatic carbocycles. The first-order valence-corrected chi connectivity index (χ1v) is 3.49. The molecule has 0 aromatic heterocycles. The fraction of sp³-hybridized carbons (Fsp3) is 1.00. The first-order chi connectivity index (χ1) is 3.71. The lowest BCUT2D eigenvalue weighted by atomic mass is 10.8. The lowest BCUT2D eigenvalue weighted by Crippen LogP contribution is -2.10. The van der Waals surface area contributed by atoms with Gasteiger partial charge in [0.15, 0.2) is 0 Å². The summed E-state index contributed by atoms with van der Waals surface area (Å²) in [5.74, 6) is 0. The second kappa shape index (κ2) is 2.13. The number of phosphoric ester groups is 1. The van der Waals surface area contributed by atoms with Crippen molar-refractivity contribution in [1.29, 1.82) is 0 Å². The molecule has 0 radical (unpaired) electrons. The van der Waals surface area contributed by atoms with E-state index < -0.39 is 7.82 Å². The fourth-order valence-electron chi connectivity index (χ4n) is 0.312. The van der Waals surface area contributed by atoms with Gasteiger partial charge in [-0.15, -0.1) is 4.67 Å². The first-order valence-electron chi connectivity index (χ1n) is 1.99. The number of hydrogen-bond donors (Lipinski definition) is 1. The SMILES string of the molecule is O=P1(O)OCCOO1. The van der Waals surface area contributed by atoms with Gasteiger partial charge in [0.1, 0.15) is 6.61 Å². The van der Waals surface area contributed by atoms with Crippen LogP contribution in [0.25, 0.3) is 0 Å². The maximum Gasteiger partial charge on any atom is 0.499 e. The third-order valence-electron chi connectivity index (χ3n) is 0.568. The molecule has 1 fully saturated rings. The minimum Gasteiger partial charge on any atom is -0.301 e. The van der Waals surface area contributed by atoms with Crippen molar-refractivity contribution in [2.24, 2.45) is 0 Å². The highest BCUT2D eigenvalue weighted by molar-refractivity contribution is 7.47. The smallest absolute Gasteiger partial charge is 0.301 e. The topological polar surface area (TPSA) is 65.0 Å². The van der Waals surface area contributed by atoms with Crippen LogP contribution in [0.15, 0.2) is 0 Å². The van der Waals surface area contributed by atoms with Gasteiger partial charge < -0.3 is 4.89 Å². The highest BCUT2D eigenvalue weighted by atomic mass is 31.2. The van der Waals surface area contributed by atoms with E-state index in [1.807, 2.05) is 0 Å². The predicted molar refractivity (Wildman–Crippen MR) is 22.8 cm³/mol. The van der Waals surface area contributed by atoms with Crippen molar-refractivity contribution >= 4 is 7.82 Å². The maximum absolute atomic E-state index is 10.2. The summed E-state index contributed by atoms with van der Waals surface area (Å²) in [5.41, 5.74) is 0. The zero-order valence-electron chi connectivity index (χ0n) is 3.94. The van der Waals surface area contributed by atoms with Crippen LogP contribution in [-0.4, -0.2) is 18.1 Å². The Hall–Kier alpha value is 0.0700. The standard InChI is InChI=1S/C2H5O5P/c3-8(4)6-2-1-5-7-8/h1-2H2,(H,3,4). The second-order valence-corrected chi connectivity index (χ2v) is 2.54. The van der Waals surface area contributed by atoms with E-state index >= 15 is 0 Å². The van der Waals surface area contributed by atoms with E-state index in [9.17, 15) is 4.57 Å². The van der Waals surface area contributed by atoms with Gasteiger partial charge in [-0.3, -0.25) is 4.52 Å².